The van der Waals surface area contributed by atoms with Crippen LogP contribution >= 0.6 is 27.5 Å². The van der Waals surface area contributed by atoms with E-state index in [1.807, 2.05) is 25.1 Å². The van der Waals surface area contributed by atoms with Gasteiger partial charge in [-0.15, -0.1) is 0 Å². The van der Waals surface area contributed by atoms with Crippen LogP contribution in [0.5, 0.6) is 0 Å². The first-order valence-corrected chi connectivity index (χ1v) is 6.29. The zero-order valence-electron chi connectivity index (χ0n) is 9.54. The van der Waals surface area contributed by atoms with Crippen molar-refractivity contribution in [3.8, 4) is 0 Å². The molecule has 2 rings (SSSR count). The highest BCUT2D eigenvalue weighted by atomic mass is 79.9. The number of benzene rings is 1. The number of hydrogen-bond acceptors (Lipinski definition) is 5. The monoisotopic (exact) mass is 327 g/mol. The molecule has 4 N–H and O–H groups in total. The van der Waals surface area contributed by atoms with Crippen LogP contribution in [-0.4, -0.2) is 9.97 Å². The molecule has 0 unspecified atom stereocenters. The van der Waals surface area contributed by atoms with Crippen LogP contribution in [0.3, 0.4) is 0 Å². The van der Waals surface area contributed by atoms with E-state index in [1.54, 1.807) is 0 Å². The minimum absolute atomic E-state index is 0.570. The molecule has 0 aliphatic rings. The zero-order chi connectivity index (χ0) is 13.1. The average molecular weight is 329 g/mol. The van der Waals surface area contributed by atoms with Gasteiger partial charge >= 0.3 is 0 Å². The van der Waals surface area contributed by atoms with Crippen molar-refractivity contribution < 1.29 is 0 Å². The molecule has 0 saturated carbocycles. The lowest BCUT2D eigenvalue weighted by Gasteiger charge is -2.12. The molecule has 0 fully saturated rings. The van der Waals surface area contributed by atoms with Gasteiger partial charge in [0.05, 0.1) is 10.7 Å². The minimum Gasteiger partial charge on any atom is -0.339 e. The Balaban J connectivity index is 2.34. The van der Waals surface area contributed by atoms with Gasteiger partial charge in [-0.05, 0) is 25.1 Å². The molecule has 1 aromatic heterocycles. The summed E-state index contributed by atoms with van der Waals surface area (Å²) < 4.78 is 0.918. The van der Waals surface area contributed by atoms with Gasteiger partial charge in [-0.25, -0.2) is 15.8 Å². The van der Waals surface area contributed by atoms with E-state index in [1.165, 1.54) is 6.33 Å². The molecule has 1 aromatic carbocycles. The second-order valence-electron chi connectivity index (χ2n) is 3.59. The molecule has 2 aromatic rings. The second-order valence-corrected chi connectivity index (χ2v) is 4.91. The fourth-order valence-electron chi connectivity index (χ4n) is 1.44. The van der Waals surface area contributed by atoms with Crippen LogP contribution in [0.2, 0.25) is 5.02 Å². The van der Waals surface area contributed by atoms with Crippen molar-refractivity contribution in [2.75, 3.05) is 10.7 Å². The lowest BCUT2D eigenvalue weighted by molar-refractivity contribution is 1.11. The van der Waals surface area contributed by atoms with Crippen molar-refractivity contribution >= 4 is 44.9 Å². The van der Waals surface area contributed by atoms with Crippen LogP contribution in [-0.2, 0) is 0 Å². The van der Waals surface area contributed by atoms with Crippen molar-refractivity contribution in [2.24, 2.45) is 5.84 Å². The van der Waals surface area contributed by atoms with Crippen molar-refractivity contribution in [1.82, 2.24) is 9.97 Å². The van der Waals surface area contributed by atoms with E-state index in [2.05, 4.69) is 36.6 Å². The first-order chi connectivity index (χ1) is 8.61. The molecule has 0 bridgehead atoms. The Hall–Kier alpha value is -1.37. The van der Waals surface area contributed by atoms with Crippen LogP contribution in [0.25, 0.3) is 0 Å². The van der Waals surface area contributed by atoms with Gasteiger partial charge in [0.25, 0.3) is 0 Å². The fourth-order valence-corrected chi connectivity index (χ4v) is 2.16. The van der Waals surface area contributed by atoms with Gasteiger partial charge in [0.1, 0.15) is 18.0 Å². The van der Waals surface area contributed by atoms with Gasteiger partial charge in [-0.3, -0.25) is 0 Å². The number of nitrogens with two attached hydrogens (primary N) is 1. The van der Waals surface area contributed by atoms with Gasteiger partial charge in [0.15, 0.2) is 0 Å². The van der Waals surface area contributed by atoms with Gasteiger partial charge in [-0.2, -0.15) is 0 Å². The molecule has 5 nitrogen and oxygen atoms in total. The standard InChI is InChI=1S/C11H11BrClN5/c1-6-10(15-5-16-11(6)18-14)17-9-3-2-7(12)4-8(9)13/h2-5H,14H2,1H3,(H2,15,16,17,18). The molecule has 0 spiro atoms. The third kappa shape index (κ3) is 2.72. The number of nitrogens with one attached hydrogen (secondary N) is 2. The van der Waals surface area contributed by atoms with E-state index in [9.17, 15) is 0 Å². The van der Waals surface area contributed by atoms with E-state index in [0.717, 1.165) is 15.7 Å². The van der Waals surface area contributed by atoms with Crippen LogP contribution in [0, 0.1) is 6.92 Å². The average Bonchev–Trinajstić information content (AvgIpc) is 2.35. The van der Waals surface area contributed by atoms with E-state index >= 15 is 0 Å². The maximum atomic E-state index is 6.13. The highest BCUT2D eigenvalue weighted by Gasteiger charge is 2.08. The Morgan fingerprint density at radius 1 is 1.28 bits per heavy atom. The first-order valence-electron chi connectivity index (χ1n) is 5.12. The molecule has 0 aliphatic carbocycles. The molecule has 18 heavy (non-hydrogen) atoms. The molecule has 1 heterocycles. The largest absolute Gasteiger partial charge is 0.339 e. The quantitative estimate of drug-likeness (QED) is 0.596. The second kappa shape index (κ2) is 5.51. The number of hydrazine groups is 1. The van der Waals surface area contributed by atoms with Crippen LogP contribution in [0.15, 0.2) is 29.0 Å². The van der Waals surface area contributed by atoms with E-state index in [4.69, 9.17) is 17.4 Å². The Morgan fingerprint density at radius 3 is 2.67 bits per heavy atom. The summed E-state index contributed by atoms with van der Waals surface area (Å²) in [5, 5.41) is 3.74. The maximum absolute atomic E-state index is 6.13. The van der Waals surface area contributed by atoms with Crippen LogP contribution < -0.4 is 16.6 Å². The topological polar surface area (TPSA) is 75.9 Å². The molecule has 7 heteroatoms. The number of anilines is 3. The molecule has 0 aliphatic heterocycles. The number of hydrogen-bond donors (Lipinski definition) is 3. The first kappa shape index (κ1) is 13.1. The molecular formula is C11H11BrClN5. The summed E-state index contributed by atoms with van der Waals surface area (Å²) in [5.41, 5.74) is 4.10. The van der Waals surface area contributed by atoms with Gasteiger partial charge in [0, 0.05) is 10.0 Å². The van der Waals surface area contributed by atoms with Crippen LogP contribution in [0.1, 0.15) is 5.56 Å². The summed E-state index contributed by atoms with van der Waals surface area (Å²) in [7, 11) is 0. The van der Waals surface area contributed by atoms with Gasteiger partial charge in [-0.1, -0.05) is 27.5 Å². The van der Waals surface area contributed by atoms with E-state index in [-0.39, 0.29) is 0 Å². The summed E-state index contributed by atoms with van der Waals surface area (Å²) in [4.78, 5) is 8.17. The Bertz CT molecular complexity index is 575. The van der Waals surface area contributed by atoms with Crippen molar-refractivity contribution in [1.29, 1.82) is 0 Å². The third-order valence-corrected chi connectivity index (χ3v) is 3.21. The van der Waals surface area contributed by atoms with E-state index in [0.29, 0.717) is 16.7 Å². The predicted molar refractivity (Wildman–Crippen MR) is 77.0 cm³/mol. The predicted octanol–water partition coefficient (Wildman–Crippen LogP) is 3.23. The van der Waals surface area contributed by atoms with E-state index < -0.39 is 0 Å². The lowest BCUT2D eigenvalue weighted by Crippen LogP contribution is -2.11. The highest BCUT2D eigenvalue weighted by molar-refractivity contribution is 9.10. The smallest absolute Gasteiger partial charge is 0.148 e. The fraction of sp³-hybridized carbons (Fsp3) is 0.0909. The van der Waals surface area contributed by atoms with Crippen molar-refractivity contribution in [3.05, 3.63) is 39.6 Å². The number of halogens is 2. The molecule has 0 amide bonds. The van der Waals surface area contributed by atoms with Crippen molar-refractivity contribution in [2.45, 2.75) is 6.92 Å². The summed E-state index contributed by atoms with van der Waals surface area (Å²) in [5.74, 6) is 6.59. The normalized spacial score (nSPS) is 10.2. The molecule has 0 radical (unpaired) electrons. The Labute approximate surface area is 118 Å². The number of nitrogen functional groups attached to an aromatic ring is 1. The highest BCUT2D eigenvalue weighted by Crippen LogP contribution is 2.29. The SMILES string of the molecule is Cc1c(NN)ncnc1Nc1ccc(Br)cc1Cl. The van der Waals surface area contributed by atoms with Gasteiger partial charge < -0.3 is 10.7 Å². The minimum atomic E-state index is 0.570. The maximum Gasteiger partial charge on any atom is 0.148 e. The summed E-state index contributed by atoms with van der Waals surface area (Å²) in [6.07, 6.45) is 1.43. The summed E-state index contributed by atoms with van der Waals surface area (Å²) >= 11 is 9.48. The zero-order valence-corrected chi connectivity index (χ0v) is 11.9. The number of aromatic nitrogens is 2. The molecular weight excluding hydrogens is 318 g/mol. The van der Waals surface area contributed by atoms with Crippen LogP contribution in [0.4, 0.5) is 17.3 Å². The summed E-state index contributed by atoms with van der Waals surface area (Å²) in [6, 6.07) is 5.57. The summed E-state index contributed by atoms with van der Waals surface area (Å²) in [6.45, 7) is 1.87. The van der Waals surface area contributed by atoms with Crippen molar-refractivity contribution in [3.63, 3.8) is 0 Å². The molecule has 94 valence electrons. The number of rotatable bonds is 3. The lowest BCUT2D eigenvalue weighted by atomic mass is 10.2. The Kier molecular flexibility index (Phi) is 4.00. The Morgan fingerprint density at radius 2 is 2.00 bits per heavy atom. The third-order valence-electron chi connectivity index (χ3n) is 2.41. The number of nitrogens with zero attached hydrogens (tertiary/aromatic N) is 2. The van der Waals surface area contributed by atoms with Gasteiger partial charge in [0.2, 0.25) is 0 Å². The molecule has 0 saturated heterocycles. The molecule has 0 atom stereocenters.